The van der Waals surface area contributed by atoms with Gasteiger partial charge in [-0.2, -0.15) is 0 Å². The Balaban J connectivity index is 0. The van der Waals surface area contributed by atoms with Crippen LogP contribution in [0, 0.1) is 0 Å². The van der Waals surface area contributed by atoms with Crippen LogP contribution in [-0.2, 0) is 0 Å². The highest BCUT2D eigenvalue weighted by atomic mass is 27.2. The summed E-state index contributed by atoms with van der Waals surface area (Å²) < 4.78 is 0. The van der Waals surface area contributed by atoms with Crippen LogP contribution in [0.1, 0.15) is 59.3 Å². The van der Waals surface area contributed by atoms with Crippen LogP contribution in [0.5, 0.6) is 0 Å². The maximum Gasteiger partial charge on any atom is 0.261 e. The van der Waals surface area contributed by atoms with E-state index in [4.69, 9.17) is 0 Å². The predicted octanol–water partition coefficient (Wildman–Crippen LogP) is 3.70. The van der Waals surface area contributed by atoms with Crippen LogP contribution >= 0.6 is 0 Å². The van der Waals surface area contributed by atoms with Gasteiger partial charge in [-0.25, -0.2) is 0 Å². The lowest BCUT2D eigenvalue weighted by atomic mass is 10.4. The maximum atomic E-state index is 2.32. The second-order valence-corrected chi connectivity index (χ2v) is 7.76. The zero-order valence-corrected chi connectivity index (χ0v) is 11.1. The molecule has 84 valence electrons. The zero-order chi connectivity index (χ0) is 9.94. The number of unbranched alkanes of at least 4 members (excludes halogenated alkanes) is 3. The molecule has 0 radical (unpaired) electrons. The van der Waals surface area contributed by atoms with Crippen molar-refractivity contribution in [3.05, 3.63) is 0 Å². The second-order valence-electron chi connectivity index (χ2n) is 4.29. The van der Waals surface area contributed by atoms with E-state index in [-0.39, 0.29) is 31.5 Å². The highest BCUT2D eigenvalue weighted by molar-refractivity contribution is 6.58. The third-order valence-electron chi connectivity index (χ3n) is 2.90. The first-order valence-electron chi connectivity index (χ1n) is 6.35. The second kappa shape index (κ2) is 14.1. The van der Waals surface area contributed by atoms with Crippen LogP contribution in [0.4, 0.5) is 0 Å². The third kappa shape index (κ3) is 11.1. The van der Waals surface area contributed by atoms with Gasteiger partial charge in [-0.3, -0.25) is 0 Å². The van der Waals surface area contributed by atoms with Crippen molar-refractivity contribution < 1.29 is 0 Å². The van der Waals surface area contributed by atoms with E-state index in [2.05, 4.69) is 20.8 Å². The van der Waals surface area contributed by atoms with Crippen LogP contribution in [0.3, 0.4) is 0 Å². The topological polar surface area (TPSA) is 0 Å². The number of hydrogen-bond donors (Lipinski definition) is 0. The summed E-state index contributed by atoms with van der Waals surface area (Å²) in [6.07, 6.45) is 8.73. The van der Waals surface area contributed by atoms with Gasteiger partial charge in [0, 0.05) is 0 Å². The zero-order valence-electron chi connectivity index (χ0n) is 9.94. The Morgan fingerprint density at radius 2 is 0.929 bits per heavy atom. The molecular weight excluding hydrogens is 198 g/mol. The normalized spacial score (nSPS) is 9.64. The average Bonchev–Trinajstić information content (AvgIpc) is 2.17. The molecule has 0 aromatic heterocycles. The van der Waals surface area contributed by atoms with Crippen molar-refractivity contribution in [2.45, 2.75) is 75.1 Å². The molecule has 0 N–H and O–H groups in total. The molecule has 0 saturated heterocycles. The lowest BCUT2D eigenvalue weighted by Crippen LogP contribution is -2.11. The van der Waals surface area contributed by atoms with Gasteiger partial charge < -0.3 is 0 Å². The van der Waals surface area contributed by atoms with E-state index in [9.17, 15) is 0 Å². The largest absolute Gasteiger partial charge is 0.261 e. The SMILES string of the molecule is CCC[CH2][Al]([CH2]CCC)[CH2]CCC.[AlH3]. The van der Waals surface area contributed by atoms with Crippen LogP contribution in [0.25, 0.3) is 0 Å². The van der Waals surface area contributed by atoms with Gasteiger partial charge in [0.15, 0.2) is 17.4 Å². The Bertz CT molecular complexity index is 75.3. The van der Waals surface area contributed by atoms with E-state index in [1.807, 2.05) is 0 Å². The summed E-state index contributed by atoms with van der Waals surface area (Å²) >= 11 is -0.287. The highest BCUT2D eigenvalue weighted by Crippen LogP contribution is 2.16. The highest BCUT2D eigenvalue weighted by Gasteiger charge is 2.14. The van der Waals surface area contributed by atoms with E-state index in [0.717, 1.165) is 0 Å². The van der Waals surface area contributed by atoms with Crippen molar-refractivity contribution in [2.24, 2.45) is 0 Å². The minimum atomic E-state index is -0.287. The summed E-state index contributed by atoms with van der Waals surface area (Å²) in [5.74, 6) is 0. The van der Waals surface area contributed by atoms with Crippen molar-refractivity contribution in [2.75, 3.05) is 0 Å². The Hall–Kier alpha value is 1.06. The molecule has 0 aromatic rings. The average molecular weight is 228 g/mol. The molecule has 0 fully saturated rings. The van der Waals surface area contributed by atoms with Crippen LogP contribution in [0.2, 0.25) is 15.8 Å². The van der Waals surface area contributed by atoms with E-state index in [1.165, 1.54) is 38.5 Å². The first-order valence-corrected chi connectivity index (χ1v) is 8.80. The molecule has 0 aliphatic carbocycles. The molecule has 0 aliphatic heterocycles. The molecule has 0 unspecified atom stereocenters. The monoisotopic (exact) mass is 228 g/mol. The van der Waals surface area contributed by atoms with Gasteiger partial charge in [0.25, 0.3) is 14.1 Å². The summed E-state index contributed by atoms with van der Waals surface area (Å²) in [6, 6.07) is 0. The smallest absolute Gasteiger partial charge is 0.0939 e. The van der Waals surface area contributed by atoms with Crippen molar-refractivity contribution in [1.82, 2.24) is 0 Å². The third-order valence-corrected chi connectivity index (χ3v) is 6.57. The molecule has 0 bridgehead atoms. The van der Waals surface area contributed by atoms with Gasteiger partial charge in [0.1, 0.15) is 0 Å². The molecule has 0 rings (SSSR count). The number of hydrogen-bond acceptors (Lipinski definition) is 0. The summed E-state index contributed by atoms with van der Waals surface area (Å²) in [7, 11) is 0. The molecule has 0 atom stereocenters. The van der Waals surface area contributed by atoms with Crippen molar-refractivity contribution in [1.29, 1.82) is 0 Å². The predicted molar refractivity (Wildman–Crippen MR) is 74.8 cm³/mol. The van der Waals surface area contributed by atoms with Crippen molar-refractivity contribution >= 4 is 31.5 Å². The molecule has 0 aromatic carbocycles. The van der Waals surface area contributed by atoms with E-state index < -0.39 is 0 Å². The fraction of sp³-hybridized carbons (Fsp3) is 1.00. The van der Waals surface area contributed by atoms with Crippen molar-refractivity contribution in [3.8, 4) is 0 Å². The van der Waals surface area contributed by atoms with E-state index in [1.54, 1.807) is 15.8 Å². The fourth-order valence-corrected chi connectivity index (χ4v) is 5.73. The van der Waals surface area contributed by atoms with E-state index >= 15 is 0 Å². The molecule has 0 amide bonds. The van der Waals surface area contributed by atoms with Crippen LogP contribution in [-0.4, -0.2) is 31.5 Å². The lowest BCUT2D eigenvalue weighted by Gasteiger charge is -2.09. The molecular formula is C12H30Al2. The summed E-state index contributed by atoms with van der Waals surface area (Å²) in [5, 5.41) is 4.86. The summed E-state index contributed by atoms with van der Waals surface area (Å²) in [5.41, 5.74) is 0. The summed E-state index contributed by atoms with van der Waals surface area (Å²) in [6.45, 7) is 6.97. The first kappa shape index (κ1) is 17.5. The lowest BCUT2D eigenvalue weighted by molar-refractivity contribution is 0.812. The Kier molecular flexibility index (Phi) is 17.5. The minimum Gasteiger partial charge on any atom is -0.0939 e. The van der Waals surface area contributed by atoms with Gasteiger partial charge in [-0.1, -0.05) is 75.1 Å². The molecule has 0 saturated carbocycles. The molecule has 0 heterocycles. The molecule has 0 aliphatic rings. The van der Waals surface area contributed by atoms with Crippen molar-refractivity contribution in [3.63, 3.8) is 0 Å². The first-order chi connectivity index (χ1) is 6.35. The molecule has 0 nitrogen and oxygen atoms in total. The molecule has 2 heteroatoms. The van der Waals surface area contributed by atoms with Crippen LogP contribution < -0.4 is 0 Å². The van der Waals surface area contributed by atoms with E-state index in [0.29, 0.717) is 0 Å². The molecule has 14 heavy (non-hydrogen) atoms. The fourth-order valence-electron chi connectivity index (χ4n) is 1.91. The van der Waals surface area contributed by atoms with Gasteiger partial charge in [0.05, 0.1) is 0 Å². The van der Waals surface area contributed by atoms with Gasteiger partial charge >= 0.3 is 0 Å². The minimum absolute atomic E-state index is 0. The Labute approximate surface area is 106 Å². The molecule has 0 spiro atoms. The van der Waals surface area contributed by atoms with Gasteiger partial charge in [0.2, 0.25) is 0 Å². The quantitative estimate of drug-likeness (QED) is 0.528. The van der Waals surface area contributed by atoms with Crippen LogP contribution in [0.15, 0.2) is 0 Å². The van der Waals surface area contributed by atoms with Gasteiger partial charge in [-0.15, -0.1) is 0 Å². The van der Waals surface area contributed by atoms with Gasteiger partial charge in [-0.05, 0) is 0 Å². The Morgan fingerprint density at radius 1 is 0.643 bits per heavy atom. The number of rotatable bonds is 9. The standard InChI is InChI=1S/3C4H9.2Al.3H/c3*1-3-4-2;;;;;/h3*1,3-4H2,2H3;;;;;. The summed E-state index contributed by atoms with van der Waals surface area (Å²) in [4.78, 5) is 0. The maximum absolute atomic E-state index is 2.32. The Morgan fingerprint density at radius 3 is 1.14 bits per heavy atom.